The average Bonchev–Trinajstić information content (AvgIpc) is 2.27. The molecule has 2 aromatic rings. The third-order valence-corrected chi connectivity index (χ3v) is 1.52. The minimum Gasteiger partial charge on any atom is -0.358 e. The van der Waals surface area contributed by atoms with Crippen LogP contribution in [-0.2, 0) is 0 Å². The molecule has 0 amide bonds. The Balaban J connectivity index is 2.88. The van der Waals surface area contributed by atoms with Gasteiger partial charge in [0.25, 0.3) is 0 Å². The van der Waals surface area contributed by atoms with E-state index >= 15 is 0 Å². The van der Waals surface area contributed by atoms with E-state index in [-0.39, 0.29) is 0 Å². The molecule has 0 atom stereocenters. The lowest BCUT2D eigenvalue weighted by Crippen LogP contribution is -1.64. The van der Waals surface area contributed by atoms with E-state index in [1.807, 2.05) is 19.1 Å². The summed E-state index contributed by atoms with van der Waals surface area (Å²) in [5.74, 6) is 0. The van der Waals surface area contributed by atoms with Crippen LogP contribution >= 0.6 is 0 Å². The van der Waals surface area contributed by atoms with Gasteiger partial charge in [-0.05, 0) is 25.1 Å². The standard InChI is InChI=1S/C9H7N/c1-7-6-8-4-2-3-5-9(8)10-7/h3,5-6,10H,1H3. The maximum atomic E-state index is 3.21. The molecule has 1 nitrogen and oxygen atoms in total. The van der Waals surface area contributed by atoms with Crippen molar-refractivity contribution >= 4 is 10.9 Å². The highest BCUT2D eigenvalue weighted by Crippen LogP contribution is 2.10. The average molecular weight is 129 g/mol. The molecule has 1 N–H and O–H groups in total. The van der Waals surface area contributed by atoms with Crippen LogP contribution in [0.2, 0.25) is 0 Å². The van der Waals surface area contributed by atoms with E-state index < -0.39 is 0 Å². The summed E-state index contributed by atoms with van der Waals surface area (Å²) in [4.78, 5) is 3.21. The van der Waals surface area contributed by atoms with E-state index in [9.17, 15) is 0 Å². The second-order valence-corrected chi connectivity index (χ2v) is 2.38. The molecule has 1 heterocycles. The Kier molecular flexibility index (Phi) is 0.956. The fourth-order valence-corrected chi connectivity index (χ4v) is 1.09. The normalized spacial score (nSPS) is 9.70. The summed E-state index contributed by atoms with van der Waals surface area (Å²) in [6.45, 7) is 2.04. The molecule has 48 valence electrons. The molecule has 0 unspecified atom stereocenters. The van der Waals surface area contributed by atoms with Crippen molar-refractivity contribution in [2.45, 2.75) is 6.92 Å². The van der Waals surface area contributed by atoms with Gasteiger partial charge < -0.3 is 4.98 Å². The number of H-pyrrole nitrogens is 1. The predicted octanol–water partition coefficient (Wildman–Crippen LogP) is 2.08. The van der Waals surface area contributed by atoms with E-state index in [2.05, 4.69) is 23.2 Å². The molecular weight excluding hydrogens is 122 g/mol. The van der Waals surface area contributed by atoms with E-state index in [1.54, 1.807) is 0 Å². The maximum Gasteiger partial charge on any atom is 0.0548 e. The Hall–Kier alpha value is -1.42. The first-order valence-corrected chi connectivity index (χ1v) is 3.24. The van der Waals surface area contributed by atoms with E-state index in [1.165, 1.54) is 5.69 Å². The fraction of sp³-hybridized carbons (Fsp3) is 0.111. The summed E-state index contributed by atoms with van der Waals surface area (Å²) < 4.78 is 0. The Morgan fingerprint density at radius 2 is 2.40 bits per heavy atom. The Morgan fingerprint density at radius 1 is 1.50 bits per heavy atom. The number of aryl methyl sites for hydroxylation is 1. The highest BCUT2D eigenvalue weighted by Gasteiger charge is 1.91. The smallest absolute Gasteiger partial charge is 0.0548 e. The van der Waals surface area contributed by atoms with Gasteiger partial charge in [0.1, 0.15) is 0 Å². The van der Waals surface area contributed by atoms with Crippen molar-refractivity contribution in [2.75, 3.05) is 0 Å². The van der Waals surface area contributed by atoms with Crippen molar-refractivity contribution in [2.24, 2.45) is 0 Å². The first-order valence-electron chi connectivity index (χ1n) is 3.24. The molecule has 0 aliphatic carbocycles. The Morgan fingerprint density at radius 3 is 3.20 bits per heavy atom. The zero-order valence-electron chi connectivity index (χ0n) is 5.73. The van der Waals surface area contributed by atoms with Gasteiger partial charge in [-0.3, -0.25) is 0 Å². The topological polar surface area (TPSA) is 15.8 Å². The third kappa shape index (κ3) is 0.663. The molecule has 1 heteroatoms. The van der Waals surface area contributed by atoms with Crippen molar-refractivity contribution in [3.8, 4) is 0 Å². The summed E-state index contributed by atoms with van der Waals surface area (Å²) in [5.41, 5.74) is 2.31. The van der Waals surface area contributed by atoms with Crippen LogP contribution in [0, 0.1) is 19.1 Å². The molecule has 0 saturated heterocycles. The summed E-state index contributed by atoms with van der Waals surface area (Å²) in [7, 11) is 0. The number of hydrogen-bond acceptors (Lipinski definition) is 0. The largest absolute Gasteiger partial charge is 0.358 e. The van der Waals surface area contributed by atoms with Crippen LogP contribution in [0.5, 0.6) is 0 Å². The second-order valence-electron chi connectivity index (χ2n) is 2.38. The van der Waals surface area contributed by atoms with Gasteiger partial charge in [0.2, 0.25) is 0 Å². The van der Waals surface area contributed by atoms with Crippen molar-refractivity contribution in [3.05, 3.63) is 36.0 Å². The monoisotopic (exact) mass is 129 g/mol. The molecule has 0 saturated carbocycles. The number of nitrogens with one attached hydrogen (secondary N) is 1. The minimum atomic E-state index is 1.11. The summed E-state index contributed by atoms with van der Waals surface area (Å²) >= 11 is 0. The van der Waals surface area contributed by atoms with E-state index in [4.69, 9.17) is 0 Å². The molecule has 0 spiro atoms. The fourth-order valence-electron chi connectivity index (χ4n) is 1.09. The van der Waals surface area contributed by atoms with Gasteiger partial charge in [0.15, 0.2) is 0 Å². The zero-order valence-corrected chi connectivity index (χ0v) is 5.73. The molecule has 1 aromatic carbocycles. The van der Waals surface area contributed by atoms with Crippen molar-refractivity contribution in [1.82, 2.24) is 4.98 Å². The SMILES string of the molecule is Cc1cc2c#cccc2[nH]1. The van der Waals surface area contributed by atoms with Crippen molar-refractivity contribution in [1.29, 1.82) is 0 Å². The van der Waals surface area contributed by atoms with Gasteiger partial charge >= 0.3 is 0 Å². The quantitative estimate of drug-likeness (QED) is 0.560. The van der Waals surface area contributed by atoms with Gasteiger partial charge in [-0.2, -0.15) is 0 Å². The van der Waals surface area contributed by atoms with Gasteiger partial charge in [0, 0.05) is 5.69 Å². The van der Waals surface area contributed by atoms with Gasteiger partial charge in [0.05, 0.1) is 10.9 Å². The maximum absolute atomic E-state index is 3.21. The molecule has 1 aromatic heterocycles. The molecular formula is C9H7N. The molecule has 0 fully saturated rings. The van der Waals surface area contributed by atoms with E-state index in [0.717, 1.165) is 10.9 Å². The second kappa shape index (κ2) is 1.78. The minimum absolute atomic E-state index is 1.11. The molecule has 0 radical (unpaired) electrons. The number of rotatable bonds is 0. The molecule has 2 rings (SSSR count). The van der Waals surface area contributed by atoms with Crippen LogP contribution in [0.15, 0.2) is 18.2 Å². The lowest BCUT2D eigenvalue weighted by atomic mass is 10.3. The number of aromatic amines is 1. The lowest BCUT2D eigenvalue weighted by Gasteiger charge is -1.78. The summed E-state index contributed by atoms with van der Waals surface area (Å²) in [6, 6.07) is 11.8. The van der Waals surface area contributed by atoms with Gasteiger partial charge in [-0.25, -0.2) is 0 Å². The molecule has 0 bridgehead atoms. The van der Waals surface area contributed by atoms with Crippen molar-refractivity contribution < 1.29 is 0 Å². The van der Waals surface area contributed by atoms with Crippen LogP contribution in [0.1, 0.15) is 5.69 Å². The van der Waals surface area contributed by atoms with Crippen LogP contribution in [-0.4, -0.2) is 4.98 Å². The van der Waals surface area contributed by atoms with Gasteiger partial charge in [-0.15, -0.1) is 0 Å². The first-order chi connectivity index (χ1) is 4.86. The number of fused-ring (bicyclic) bond motifs is 1. The lowest BCUT2D eigenvalue weighted by molar-refractivity contribution is 1.30. The number of aromatic nitrogens is 1. The third-order valence-electron chi connectivity index (χ3n) is 1.52. The Labute approximate surface area is 59.7 Å². The zero-order chi connectivity index (χ0) is 6.97. The highest BCUT2D eigenvalue weighted by atomic mass is 14.7. The van der Waals surface area contributed by atoms with Crippen LogP contribution < -0.4 is 0 Å². The van der Waals surface area contributed by atoms with Crippen molar-refractivity contribution in [3.63, 3.8) is 0 Å². The number of hydrogen-bond donors (Lipinski definition) is 1. The molecule has 10 heavy (non-hydrogen) atoms. The molecule has 0 aliphatic rings. The first kappa shape index (κ1) is 5.37. The van der Waals surface area contributed by atoms with Crippen LogP contribution in [0.25, 0.3) is 10.9 Å². The van der Waals surface area contributed by atoms with Gasteiger partial charge in [-0.1, -0.05) is 12.1 Å². The summed E-state index contributed by atoms with van der Waals surface area (Å²) in [6.07, 6.45) is 0. The molecule has 0 aliphatic heterocycles. The van der Waals surface area contributed by atoms with E-state index in [0.29, 0.717) is 0 Å². The summed E-state index contributed by atoms with van der Waals surface area (Å²) in [5, 5.41) is 1.11. The van der Waals surface area contributed by atoms with Crippen LogP contribution in [0.3, 0.4) is 0 Å². The van der Waals surface area contributed by atoms with Crippen LogP contribution in [0.4, 0.5) is 0 Å². The predicted molar refractivity (Wildman–Crippen MR) is 40.7 cm³/mol. The Bertz CT molecular complexity index is 313. The highest BCUT2D eigenvalue weighted by molar-refractivity contribution is 5.78.